The number of nitrogens with zero attached hydrogens (tertiary/aromatic N) is 3. The van der Waals surface area contributed by atoms with Crippen molar-refractivity contribution in [3.05, 3.63) is 11.1 Å². The standard InChI is InChI=1S/C16H30N4S/c1-13(2)10-17-11-14-12-21-15(18-14)19-6-8-20(9-7-19)16(3,4)5/h12-13,17H,6-11H2,1-5H3. The summed E-state index contributed by atoms with van der Waals surface area (Å²) in [4.78, 5) is 9.77. The van der Waals surface area contributed by atoms with Crippen molar-refractivity contribution in [1.82, 2.24) is 15.2 Å². The summed E-state index contributed by atoms with van der Waals surface area (Å²) >= 11 is 1.78. The van der Waals surface area contributed by atoms with E-state index >= 15 is 0 Å². The molecule has 0 amide bonds. The van der Waals surface area contributed by atoms with Crippen LogP contribution in [0.5, 0.6) is 0 Å². The number of aromatic nitrogens is 1. The first-order valence-electron chi connectivity index (χ1n) is 8.01. The highest BCUT2D eigenvalue weighted by atomic mass is 32.1. The van der Waals surface area contributed by atoms with E-state index < -0.39 is 0 Å². The molecule has 0 unspecified atom stereocenters. The molecule has 0 saturated carbocycles. The number of rotatable bonds is 5. The lowest BCUT2D eigenvalue weighted by Gasteiger charge is -2.42. The number of nitrogens with one attached hydrogen (secondary N) is 1. The summed E-state index contributed by atoms with van der Waals surface area (Å²) < 4.78 is 0. The molecule has 5 heteroatoms. The summed E-state index contributed by atoms with van der Waals surface area (Å²) in [5, 5.41) is 6.84. The van der Waals surface area contributed by atoms with Gasteiger partial charge in [0.15, 0.2) is 5.13 Å². The van der Waals surface area contributed by atoms with E-state index in [2.05, 4.69) is 55.1 Å². The molecule has 0 spiro atoms. The Labute approximate surface area is 133 Å². The molecule has 0 atom stereocenters. The van der Waals surface area contributed by atoms with Gasteiger partial charge in [0.1, 0.15) is 0 Å². The van der Waals surface area contributed by atoms with Gasteiger partial charge in [-0.1, -0.05) is 13.8 Å². The maximum atomic E-state index is 4.78. The molecule has 1 fully saturated rings. The fourth-order valence-corrected chi connectivity index (χ4v) is 3.46. The van der Waals surface area contributed by atoms with Gasteiger partial charge in [-0.05, 0) is 33.2 Å². The molecule has 0 aliphatic carbocycles. The lowest BCUT2D eigenvalue weighted by Crippen LogP contribution is -2.53. The van der Waals surface area contributed by atoms with Crippen LogP contribution in [0, 0.1) is 5.92 Å². The predicted octanol–water partition coefficient (Wildman–Crippen LogP) is 2.81. The molecule has 1 aromatic heterocycles. The molecule has 120 valence electrons. The van der Waals surface area contributed by atoms with Crippen LogP contribution in [0.25, 0.3) is 0 Å². The molecule has 1 aromatic rings. The zero-order valence-corrected chi connectivity index (χ0v) is 15.0. The van der Waals surface area contributed by atoms with Gasteiger partial charge in [0, 0.05) is 43.6 Å². The molecule has 1 saturated heterocycles. The lowest BCUT2D eigenvalue weighted by atomic mass is 10.1. The van der Waals surface area contributed by atoms with Gasteiger partial charge in [0.05, 0.1) is 5.69 Å². The van der Waals surface area contributed by atoms with Crippen molar-refractivity contribution in [2.45, 2.75) is 46.7 Å². The Balaban J connectivity index is 1.83. The van der Waals surface area contributed by atoms with Crippen molar-refractivity contribution in [1.29, 1.82) is 0 Å². The second-order valence-corrected chi connectivity index (χ2v) is 8.13. The van der Waals surface area contributed by atoms with Gasteiger partial charge in [-0.25, -0.2) is 4.98 Å². The quantitative estimate of drug-likeness (QED) is 0.906. The zero-order valence-electron chi connectivity index (χ0n) is 14.1. The first kappa shape index (κ1) is 16.7. The lowest BCUT2D eigenvalue weighted by molar-refractivity contribution is 0.128. The zero-order chi connectivity index (χ0) is 15.5. The minimum atomic E-state index is 0.279. The molecule has 0 aromatic carbocycles. The third kappa shape index (κ3) is 4.94. The van der Waals surface area contributed by atoms with Crippen LogP contribution in [-0.4, -0.2) is 48.1 Å². The highest BCUT2D eigenvalue weighted by Crippen LogP contribution is 2.24. The average molecular weight is 311 g/mol. The molecule has 1 aliphatic heterocycles. The minimum Gasteiger partial charge on any atom is -0.346 e. The van der Waals surface area contributed by atoms with Crippen LogP contribution >= 0.6 is 11.3 Å². The molecule has 21 heavy (non-hydrogen) atoms. The van der Waals surface area contributed by atoms with E-state index in [1.165, 1.54) is 10.8 Å². The van der Waals surface area contributed by atoms with Gasteiger partial charge in [-0.2, -0.15) is 0 Å². The van der Waals surface area contributed by atoms with E-state index in [1.54, 1.807) is 11.3 Å². The molecule has 0 bridgehead atoms. The largest absolute Gasteiger partial charge is 0.346 e. The first-order valence-corrected chi connectivity index (χ1v) is 8.89. The van der Waals surface area contributed by atoms with Crippen molar-refractivity contribution in [3.63, 3.8) is 0 Å². The van der Waals surface area contributed by atoms with Crippen LogP contribution in [-0.2, 0) is 6.54 Å². The first-order chi connectivity index (χ1) is 9.86. The van der Waals surface area contributed by atoms with Crippen molar-refractivity contribution >= 4 is 16.5 Å². The SMILES string of the molecule is CC(C)CNCc1csc(N2CCN(C(C)(C)C)CC2)n1. The summed E-state index contributed by atoms with van der Waals surface area (Å²) in [5.41, 5.74) is 1.45. The molecular formula is C16H30N4S. The Bertz CT molecular complexity index is 428. The summed E-state index contributed by atoms with van der Waals surface area (Å²) in [5.74, 6) is 0.689. The normalized spacial score (nSPS) is 17.7. The number of anilines is 1. The Morgan fingerprint density at radius 3 is 2.48 bits per heavy atom. The van der Waals surface area contributed by atoms with E-state index in [4.69, 9.17) is 4.98 Å². The minimum absolute atomic E-state index is 0.279. The average Bonchev–Trinajstić information content (AvgIpc) is 2.86. The monoisotopic (exact) mass is 310 g/mol. The number of piperazine rings is 1. The van der Waals surface area contributed by atoms with Crippen LogP contribution in [0.1, 0.15) is 40.3 Å². The van der Waals surface area contributed by atoms with E-state index in [9.17, 15) is 0 Å². The topological polar surface area (TPSA) is 31.4 Å². The second kappa shape index (κ2) is 7.07. The van der Waals surface area contributed by atoms with E-state index in [0.717, 1.165) is 39.3 Å². The maximum Gasteiger partial charge on any atom is 0.185 e. The van der Waals surface area contributed by atoms with Crippen LogP contribution in [0.4, 0.5) is 5.13 Å². The fraction of sp³-hybridized carbons (Fsp3) is 0.812. The fourth-order valence-electron chi connectivity index (χ4n) is 2.58. The highest BCUT2D eigenvalue weighted by molar-refractivity contribution is 7.13. The Hall–Kier alpha value is -0.650. The number of hydrogen-bond donors (Lipinski definition) is 1. The predicted molar refractivity (Wildman–Crippen MR) is 92.2 cm³/mol. The van der Waals surface area contributed by atoms with Crippen molar-refractivity contribution in [3.8, 4) is 0 Å². The molecule has 1 aliphatic rings. The second-order valence-electron chi connectivity index (χ2n) is 7.29. The smallest absolute Gasteiger partial charge is 0.185 e. The Morgan fingerprint density at radius 2 is 1.90 bits per heavy atom. The Morgan fingerprint density at radius 1 is 1.24 bits per heavy atom. The van der Waals surface area contributed by atoms with Crippen LogP contribution in [0.15, 0.2) is 5.38 Å². The van der Waals surface area contributed by atoms with Gasteiger partial charge in [-0.3, -0.25) is 4.90 Å². The summed E-state index contributed by atoms with van der Waals surface area (Å²) in [6, 6.07) is 0. The number of thiazole rings is 1. The van der Waals surface area contributed by atoms with Crippen molar-refractivity contribution in [2.24, 2.45) is 5.92 Å². The van der Waals surface area contributed by atoms with E-state index in [0.29, 0.717) is 5.92 Å². The van der Waals surface area contributed by atoms with Gasteiger partial charge in [0.2, 0.25) is 0 Å². The van der Waals surface area contributed by atoms with Crippen LogP contribution in [0.2, 0.25) is 0 Å². The third-order valence-corrected chi connectivity index (χ3v) is 4.85. The molecule has 2 heterocycles. The van der Waals surface area contributed by atoms with Gasteiger partial charge >= 0.3 is 0 Å². The van der Waals surface area contributed by atoms with Crippen molar-refractivity contribution in [2.75, 3.05) is 37.6 Å². The van der Waals surface area contributed by atoms with E-state index in [1.807, 2.05) is 0 Å². The van der Waals surface area contributed by atoms with Crippen LogP contribution < -0.4 is 10.2 Å². The molecule has 2 rings (SSSR count). The summed E-state index contributed by atoms with van der Waals surface area (Å²) in [6.07, 6.45) is 0. The van der Waals surface area contributed by atoms with Gasteiger partial charge in [-0.15, -0.1) is 11.3 Å². The molecular weight excluding hydrogens is 280 g/mol. The van der Waals surface area contributed by atoms with Gasteiger partial charge in [0.25, 0.3) is 0 Å². The number of hydrogen-bond acceptors (Lipinski definition) is 5. The molecule has 4 nitrogen and oxygen atoms in total. The molecule has 1 N–H and O–H groups in total. The maximum absolute atomic E-state index is 4.78. The summed E-state index contributed by atoms with van der Waals surface area (Å²) in [6.45, 7) is 17.7. The van der Waals surface area contributed by atoms with Crippen molar-refractivity contribution < 1.29 is 0 Å². The summed E-state index contributed by atoms with van der Waals surface area (Å²) in [7, 11) is 0. The third-order valence-electron chi connectivity index (χ3n) is 3.90. The van der Waals surface area contributed by atoms with E-state index in [-0.39, 0.29) is 5.54 Å². The highest BCUT2D eigenvalue weighted by Gasteiger charge is 2.26. The van der Waals surface area contributed by atoms with Gasteiger partial charge < -0.3 is 10.2 Å². The molecule has 0 radical (unpaired) electrons. The Kier molecular flexibility index (Phi) is 5.63. The van der Waals surface area contributed by atoms with Crippen LogP contribution in [0.3, 0.4) is 0 Å².